The lowest BCUT2D eigenvalue weighted by atomic mass is 10.1. The monoisotopic (exact) mass is 452 g/mol. The van der Waals surface area contributed by atoms with Gasteiger partial charge in [0.2, 0.25) is 10.0 Å². The van der Waals surface area contributed by atoms with E-state index < -0.39 is 37.9 Å². The zero-order valence-electron chi connectivity index (χ0n) is 17.1. The Labute approximate surface area is 176 Å². The van der Waals surface area contributed by atoms with Gasteiger partial charge in [0.15, 0.2) is 15.9 Å². The van der Waals surface area contributed by atoms with E-state index in [-0.39, 0.29) is 11.4 Å². The zero-order chi connectivity index (χ0) is 22.3. The van der Waals surface area contributed by atoms with Gasteiger partial charge in [0.25, 0.3) is 5.91 Å². The van der Waals surface area contributed by atoms with Crippen molar-refractivity contribution in [2.75, 3.05) is 23.4 Å². The highest BCUT2D eigenvalue weighted by atomic mass is 32.2. The van der Waals surface area contributed by atoms with E-state index in [1.54, 1.807) is 37.3 Å². The first kappa shape index (κ1) is 22.1. The summed E-state index contributed by atoms with van der Waals surface area (Å²) in [6.45, 7) is 3.46. The van der Waals surface area contributed by atoms with Crippen molar-refractivity contribution in [1.29, 1.82) is 0 Å². The molecule has 1 N–H and O–H groups in total. The Morgan fingerprint density at radius 2 is 1.73 bits per heavy atom. The first-order valence-corrected chi connectivity index (χ1v) is 13.0. The highest BCUT2D eigenvalue weighted by Gasteiger charge is 2.35. The average molecular weight is 453 g/mol. The van der Waals surface area contributed by atoms with Crippen molar-refractivity contribution < 1.29 is 26.4 Å². The molecule has 1 amide bonds. The molecule has 30 heavy (non-hydrogen) atoms. The number of amides is 1. The highest BCUT2D eigenvalue weighted by molar-refractivity contribution is 7.92. The van der Waals surface area contributed by atoms with Crippen molar-refractivity contribution >= 4 is 31.5 Å². The van der Waals surface area contributed by atoms with Crippen molar-refractivity contribution in [3.8, 4) is 5.75 Å². The molecule has 0 unspecified atom stereocenters. The van der Waals surface area contributed by atoms with Crippen LogP contribution in [0.1, 0.15) is 24.1 Å². The normalized spacial score (nSPS) is 17.6. The van der Waals surface area contributed by atoms with Crippen LogP contribution in [0.15, 0.2) is 47.4 Å². The first-order chi connectivity index (χ1) is 13.9. The number of anilines is 1. The van der Waals surface area contributed by atoms with Gasteiger partial charge in [-0.25, -0.2) is 16.8 Å². The summed E-state index contributed by atoms with van der Waals surface area (Å²) in [4.78, 5) is 13.0. The molecule has 1 heterocycles. The third-order valence-corrected chi connectivity index (χ3v) is 7.12. The standard InChI is InChI=1S/C20H24N2O6S2/c1-13-5-10-17-18(11-13)28-19(12-22(17)30(4,26)27)20(23)21-14(2)15-6-8-16(9-7-15)29(3,24)25/h5-11,14,19H,12H2,1-4H3,(H,21,23)/t14-,19+/m0/s1. The fraction of sp³-hybridized carbons (Fsp3) is 0.350. The molecular formula is C20H24N2O6S2. The van der Waals surface area contributed by atoms with Crippen molar-refractivity contribution in [3.63, 3.8) is 0 Å². The third-order valence-electron chi connectivity index (χ3n) is 4.84. The number of rotatable bonds is 5. The maximum atomic E-state index is 12.8. The lowest BCUT2D eigenvalue weighted by Gasteiger charge is -2.34. The summed E-state index contributed by atoms with van der Waals surface area (Å²) in [6, 6.07) is 10.9. The summed E-state index contributed by atoms with van der Waals surface area (Å²) in [5, 5.41) is 2.81. The van der Waals surface area contributed by atoms with Crippen LogP contribution in [0.25, 0.3) is 0 Å². The molecule has 1 aliphatic rings. The van der Waals surface area contributed by atoms with Crippen LogP contribution >= 0.6 is 0 Å². The van der Waals surface area contributed by atoms with Crippen LogP contribution in [-0.4, -0.2) is 47.9 Å². The van der Waals surface area contributed by atoms with Crippen LogP contribution in [0.4, 0.5) is 5.69 Å². The summed E-state index contributed by atoms with van der Waals surface area (Å²) in [5.74, 6) is -0.132. The van der Waals surface area contributed by atoms with Gasteiger partial charge >= 0.3 is 0 Å². The number of benzene rings is 2. The molecule has 0 saturated carbocycles. The predicted octanol–water partition coefficient (Wildman–Crippen LogP) is 1.80. The Morgan fingerprint density at radius 1 is 1.10 bits per heavy atom. The molecule has 0 radical (unpaired) electrons. The zero-order valence-corrected chi connectivity index (χ0v) is 18.7. The molecule has 8 nitrogen and oxygen atoms in total. The van der Waals surface area contributed by atoms with Crippen molar-refractivity contribution in [1.82, 2.24) is 5.32 Å². The second-order valence-electron chi connectivity index (χ2n) is 7.44. The lowest BCUT2D eigenvalue weighted by molar-refractivity contribution is -0.128. The second kappa shape index (κ2) is 7.92. The quantitative estimate of drug-likeness (QED) is 0.741. The maximum Gasteiger partial charge on any atom is 0.263 e. The number of hydrogen-bond donors (Lipinski definition) is 1. The van der Waals surface area contributed by atoms with Gasteiger partial charge in [0, 0.05) is 6.26 Å². The molecule has 0 aromatic heterocycles. The van der Waals surface area contributed by atoms with Gasteiger partial charge in [-0.1, -0.05) is 18.2 Å². The number of carbonyl (C=O) groups excluding carboxylic acids is 1. The number of nitrogens with zero attached hydrogens (tertiary/aromatic N) is 1. The predicted molar refractivity (Wildman–Crippen MR) is 114 cm³/mol. The van der Waals surface area contributed by atoms with Crippen molar-refractivity contribution in [2.24, 2.45) is 0 Å². The highest BCUT2D eigenvalue weighted by Crippen LogP contribution is 2.35. The van der Waals surface area contributed by atoms with E-state index in [2.05, 4.69) is 5.32 Å². The van der Waals surface area contributed by atoms with E-state index in [4.69, 9.17) is 4.74 Å². The smallest absolute Gasteiger partial charge is 0.263 e. The minimum Gasteiger partial charge on any atom is -0.476 e. The number of sulfonamides is 1. The molecule has 2 aromatic rings. The number of carbonyl (C=O) groups is 1. The minimum absolute atomic E-state index is 0.138. The molecule has 2 aromatic carbocycles. The summed E-state index contributed by atoms with van der Waals surface area (Å²) in [7, 11) is -6.91. The van der Waals surface area contributed by atoms with Crippen molar-refractivity contribution in [3.05, 3.63) is 53.6 Å². The molecule has 1 aliphatic heterocycles. The minimum atomic E-state index is -3.60. The molecule has 10 heteroatoms. The largest absolute Gasteiger partial charge is 0.476 e. The number of nitrogens with one attached hydrogen (secondary N) is 1. The van der Waals surface area contributed by atoms with E-state index in [1.807, 2.05) is 6.92 Å². The molecule has 0 spiro atoms. The topological polar surface area (TPSA) is 110 Å². The van der Waals surface area contributed by atoms with Gasteiger partial charge in [-0.05, 0) is 49.2 Å². The summed E-state index contributed by atoms with van der Waals surface area (Å²) in [5.41, 5.74) is 1.99. The van der Waals surface area contributed by atoms with Crippen LogP contribution in [0.2, 0.25) is 0 Å². The Morgan fingerprint density at radius 3 is 2.30 bits per heavy atom. The van der Waals surface area contributed by atoms with Gasteiger partial charge < -0.3 is 10.1 Å². The Hall–Kier alpha value is -2.59. The van der Waals surface area contributed by atoms with E-state index >= 15 is 0 Å². The van der Waals surface area contributed by atoms with Crippen LogP contribution < -0.4 is 14.4 Å². The van der Waals surface area contributed by atoms with Gasteiger partial charge in [0.05, 0.1) is 29.4 Å². The number of hydrogen-bond acceptors (Lipinski definition) is 6. The van der Waals surface area contributed by atoms with E-state index in [0.717, 1.165) is 18.1 Å². The Kier molecular flexibility index (Phi) is 5.83. The molecule has 0 aliphatic carbocycles. The Bertz CT molecular complexity index is 1170. The second-order valence-corrected chi connectivity index (χ2v) is 11.4. The number of sulfone groups is 1. The number of ether oxygens (including phenoxy) is 1. The Balaban J connectivity index is 1.80. The number of aryl methyl sites for hydroxylation is 1. The fourth-order valence-electron chi connectivity index (χ4n) is 3.21. The van der Waals surface area contributed by atoms with E-state index in [0.29, 0.717) is 17.0 Å². The third kappa shape index (κ3) is 4.76. The molecular weight excluding hydrogens is 428 g/mol. The number of fused-ring (bicyclic) bond motifs is 1. The van der Waals surface area contributed by atoms with Crippen molar-refractivity contribution in [2.45, 2.75) is 30.9 Å². The first-order valence-electron chi connectivity index (χ1n) is 9.21. The van der Waals surface area contributed by atoms with Crippen LogP contribution in [0, 0.1) is 6.92 Å². The van der Waals surface area contributed by atoms with E-state index in [1.165, 1.54) is 16.4 Å². The van der Waals surface area contributed by atoms with Gasteiger partial charge in [0.1, 0.15) is 5.75 Å². The SMILES string of the molecule is Cc1ccc2c(c1)O[C@@H](C(=O)N[C@@H](C)c1ccc(S(C)(=O)=O)cc1)CN2S(C)(=O)=O. The molecule has 0 saturated heterocycles. The van der Waals surface area contributed by atoms with Gasteiger partial charge in [-0.15, -0.1) is 0 Å². The van der Waals surface area contributed by atoms with Crippen LogP contribution in [0.3, 0.4) is 0 Å². The van der Waals surface area contributed by atoms with Crippen LogP contribution in [-0.2, 0) is 24.7 Å². The maximum absolute atomic E-state index is 12.8. The molecule has 0 bridgehead atoms. The summed E-state index contributed by atoms with van der Waals surface area (Å²) >= 11 is 0. The fourth-order valence-corrected chi connectivity index (χ4v) is 4.75. The van der Waals surface area contributed by atoms with E-state index in [9.17, 15) is 21.6 Å². The average Bonchev–Trinajstić information content (AvgIpc) is 2.65. The molecule has 0 fully saturated rings. The van der Waals surface area contributed by atoms with Gasteiger partial charge in [-0.3, -0.25) is 9.10 Å². The lowest BCUT2D eigenvalue weighted by Crippen LogP contribution is -2.50. The summed E-state index contributed by atoms with van der Waals surface area (Å²) < 4.78 is 54.7. The molecule has 162 valence electrons. The molecule has 3 rings (SSSR count). The summed E-state index contributed by atoms with van der Waals surface area (Å²) in [6.07, 6.45) is 1.19. The van der Waals surface area contributed by atoms with Crippen LogP contribution in [0.5, 0.6) is 5.75 Å². The molecule has 2 atom stereocenters. The van der Waals surface area contributed by atoms with Gasteiger partial charge in [-0.2, -0.15) is 0 Å².